The molecule has 3 saturated heterocycles. The van der Waals surface area contributed by atoms with E-state index in [9.17, 15) is 24.3 Å². The predicted octanol–water partition coefficient (Wildman–Crippen LogP) is 1.18. The third kappa shape index (κ3) is 5.45. The van der Waals surface area contributed by atoms with Crippen LogP contribution in [0.2, 0.25) is 0 Å². The van der Waals surface area contributed by atoms with Crippen LogP contribution in [0, 0.1) is 11.8 Å². The van der Waals surface area contributed by atoms with Gasteiger partial charge >= 0.3 is 5.97 Å². The molecule has 3 fully saturated rings. The second-order valence-electron chi connectivity index (χ2n) is 11.1. The Balaban J connectivity index is 1.83. The van der Waals surface area contributed by atoms with Crippen LogP contribution in [0.15, 0.2) is 25.3 Å². The molecule has 37 heavy (non-hydrogen) atoms. The molecule has 10 nitrogen and oxygen atoms in total. The van der Waals surface area contributed by atoms with Crippen LogP contribution in [0.25, 0.3) is 0 Å². The molecule has 3 rings (SSSR count). The summed E-state index contributed by atoms with van der Waals surface area (Å²) in [6, 6.07) is -0.958. The number of aliphatic hydroxyl groups excluding tert-OH is 1. The predicted molar refractivity (Wildman–Crippen MR) is 136 cm³/mol. The third-order valence-corrected chi connectivity index (χ3v) is 7.51. The number of rotatable bonds is 12. The number of aliphatic hydroxyl groups is 1. The van der Waals surface area contributed by atoms with Crippen LogP contribution in [0.5, 0.6) is 0 Å². The van der Waals surface area contributed by atoms with Gasteiger partial charge < -0.3 is 29.7 Å². The van der Waals surface area contributed by atoms with E-state index in [2.05, 4.69) is 18.5 Å². The van der Waals surface area contributed by atoms with Crippen molar-refractivity contribution in [3.8, 4) is 0 Å². The highest BCUT2D eigenvalue weighted by atomic mass is 16.6. The fourth-order valence-electron chi connectivity index (χ4n) is 5.92. The van der Waals surface area contributed by atoms with Crippen LogP contribution in [-0.4, -0.2) is 94.2 Å². The number of fused-ring (bicyclic) bond motifs is 1. The first kappa shape index (κ1) is 28.8. The molecule has 0 aromatic carbocycles. The molecule has 206 valence electrons. The lowest BCUT2D eigenvalue weighted by Gasteiger charge is -2.41. The van der Waals surface area contributed by atoms with Crippen LogP contribution in [0.4, 0.5) is 0 Å². The van der Waals surface area contributed by atoms with Crippen LogP contribution in [0.1, 0.15) is 53.4 Å². The van der Waals surface area contributed by atoms with Crippen molar-refractivity contribution < 1.29 is 33.8 Å². The molecule has 3 aliphatic heterocycles. The Hall–Kier alpha value is -2.72. The van der Waals surface area contributed by atoms with Gasteiger partial charge in [0.25, 0.3) is 0 Å². The second kappa shape index (κ2) is 11.3. The van der Waals surface area contributed by atoms with Gasteiger partial charge in [-0.1, -0.05) is 12.2 Å². The summed E-state index contributed by atoms with van der Waals surface area (Å²) in [5.74, 6) is -3.15. The molecule has 0 aromatic heterocycles. The van der Waals surface area contributed by atoms with Crippen molar-refractivity contribution in [3.05, 3.63) is 25.3 Å². The quantitative estimate of drug-likeness (QED) is 0.293. The summed E-state index contributed by atoms with van der Waals surface area (Å²) in [6.45, 7) is 14.8. The standard InChI is InChI=1S/C27H41N3O7/c1-7-9-10-19(32)28-16-17(3)36-25(35)20-18-11-12-27(37-18)21(20)23(33)29(14-15-31)22(27)24(34)30(13-8-2)26(4,5)6/h7-8,17-18,20-22,31H,1-2,9-16H2,3-6H3,(H,28,32)/t17-,18+,20-,21-,22+,27-/m1/s1. The number of β-amino-alcohol motifs (C(OH)–C–C–N with tert-alkyl or cyclic N) is 1. The van der Waals surface area contributed by atoms with Gasteiger partial charge in [0, 0.05) is 25.0 Å². The minimum absolute atomic E-state index is 0.0392. The summed E-state index contributed by atoms with van der Waals surface area (Å²) >= 11 is 0. The minimum atomic E-state index is -1.16. The molecular weight excluding hydrogens is 478 g/mol. The average molecular weight is 520 g/mol. The lowest BCUT2D eigenvalue weighted by molar-refractivity contribution is -0.159. The van der Waals surface area contributed by atoms with Crippen molar-refractivity contribution in [2.75, 3.05) is 26.2 Å². The van der Waals surface area contributed by atoms with Crippen molar-refractivity contribution >= 4 is 23.7 Å². The lowest BCUT2D eigenvalue weighted by atomic mass is 9.70. The molecule has 0 aliphatic carbocycles. The second-order valence-corrected chi connectivity index (χ2v) is 11.1. The van der Waals surface area contributed by atoms with Gasteiger partial charge in [0.15, 0.2) is 0 Å². The number of esters is 1. The van der Waals surface area contributed by atoms with Crippen molar-refractivity contribution in [3.63, 3.8) is 0 Å². The number of hydrogen-bond donors (Lipinski definition) is 2. The first-order chi connectivity index (χ1) is 17.4. The Morgan fingerprint density at radius 2 is 2.03 bits per heavy atom. The highest BCUT2D eigenvalue weighted by Crippen LogP contribution is 2.58. The summed E-state index contributed by atoms with van der Waals surface area (Å²) in [5, 5.41) is 12.4. The summed E-state index contributed by atoms with van der Waals surface area (Å²) < 4.78 is 12.0. The monoisotopic (exact) mass is 519 g/mol. The Morgan fingerprint density at radius 3 is 2.62 bits per heavy atom. The fourth-order valence-corrected chi connectivity index (χ4v) is 5.92. The number of allylic oxidation sites excluding steroid dienone is 1. The van der Waals surface area contributed by atoms with Crippen LogP contribution < -0.4 is 5.32 Å². The molecule has 3 aliphatic rings. The topological polar surface area (TPSA) is 125 Å². The largest absolute Gasteiger partial charge is 0.460 e. The molecule has 3 heterocycles. The first-order valence-corrected chi connectivity index (χ1v) is 13.0. The van der Waals surface area contributed by atoms with E-state index in [1.807, 2.05) is 20.8 Å². The number of nitrogens with one attached hydrogen (secondary N) is 1. The Labute approximate surface area is 219 Å². The lowest BCUT2D eigenvalue weighted by Crippen LogP contribution is -2.60. The van der Waals surface area contributed by atoms with E-state index in [0.29, 0.717) is 25.7 Å². The van der Waals surface area contributed by atoms with E-state index >= 15 is 0 Å². The van der Waals surface area contributed by atoms with E-state index in [0.717, 1.165) is 0 Å². The van der Waals surface area contributed by atoms with Gasteiger partial charge in [-0.3, -0.25) is 19.2 Å². The van der Waals surface area contributed by atoms with E-state index in [-0.39, 0.29) is 44.0 Å². The molecule has 0 saturated carbocycles. The average Bonchev–Trinajstić information content (AvgIpc) is 3.46. The summed E-state index contributed by atoms with van der Waals surface area (Å²) in [5.41, 5.74) is -1.71. The summed E-state index contributed by atoms with van der Waals surface area (Å²) in [4.78, 5) is 55.9. The van der Waals surface area contributed by atoms with Gasteiger partial charge in [0.2, 0.25) is 17.7 Å². The fraction of sp³-hybridized carbons (Fsp3) is 0.704. The van der Waals surface area contributed by atoms with Gasteiger partial charge in [-0.25, -0.2) is 0 Å². The number of carbonyl (C=O) groups is 4. The maximum absolute atomic E-state index is 14.0. The molecule has 2 N–H and O–H groups in total. The van der Waals surface area contributed by atoms with E-state index in [4.69, 9.17) is 9.47 Å². The first-order valence-electron chi connectivity index (χ1n) is 13.0. The number of ether oxygens (including phenoxy) is 2. The minimum Gasteiger partial charge on any atom is -0.460 e. The zero-order valence-corrected chi connectivity index (χ0v) is 22.4. The van der Waals surface area contributed by atoms with Gasteiger partial charge in [-0.2, -0.15) is 0 Å². The molecule has 6 atom stereocenters. The Bertz CT molecular complexity index is 929. The number of hydrogen-bond acceptors (Lipinski definition) is 7. The maximum Gasteiger partial charge on any atom is 0.312 e. The van der Waals surface area contributed by atoms with Crippen LogP contribution >= 0.6 is 0 Å². The van der Waals surface area contributed by atoms with Gasteiger partial charge in [0.05, 0.1) is 31.1 Å². The van der Waals surface area contributed by atoms with E-state index < -0.39 is 47.2 Å². The van der Waals surface area contributed by atoms with Gasteiger partial charge in [-0.15, -0.1) is 13.2 Å². The highest BCUT2D eigenvalue weighted by molar-refractivity contribution is 5.98. The number of likely N-dealkylation sites (tertiary alicyclic amines) is 1. The number of amides is 3. The van der Waals surface area contributed by atoms with Crippen molar-refractivity contribution in [1.82, 2.24) is 15.1 Å². The molecule has 0 aromatic rings. The molecule has 0 unspecified atom stereocenters. The molecular formula is C27H41N3O7. The van der Waals surface area contributed by atoms with Gasteiger partial charge in [-0.05, 0) is 47.0 Å². The Morgan fingerprint density at radius 1 is 1.32 bits per heavy atom. The zero-order valence-electron chi connectivity index (χ0n) is 22.4. The smallest absolute Gasteiger partial charge is 0.312 e. The number of carbonyl (C=O) groups excluding carboxylic acids is 4. The summed E-state index contributed by atoms with van der Waals surface area (Å²) in [6.07, 6.45) is 3.97. The van der Waals surface area contributed by atoms with Crippen molar-refractivity contribution in [1.29, 1.82) is 0 Å². The molecule has 0 radical (unpaired) electrons. The molecule has 1 spiro atoms. The normalized spacial score (nSPS) is 29.0. The molecule has 2 bridgehead atoms. The van der Waals surface area contributed by atoms with Crippen LogP contribution in [0.3, 0.4) is 0 Å². The zero-order chi connectivity index (χ0) is 27.5. The molecule has 10 heteroatoms. The Kier molecular flexibility index (Phi) is 8.85. The summed E-state index contributed by atoms with van der Waals surface area (Å²) in [7, 11) is 0. The highest BCUT2D eigenvalue weighted by Gasteiger charge is 2.75. The van der Waals surface area contributed by atoms with Crippen molar-refractivity contribution in [2.24, 2.45) is 11.8 Å². The van der Waals surface area contributed by atoms with Crippen LogP contribution in [-0.2, 0) is 28.7 Å². The SMILES string of the molecule is C=CCCC(=O)NC[C@@H](C)OC(=O)[C@@H]1[C@@H]2CC[C@]3(O2)[C@H](C(=O)N(CC=C)C(C)(C)C)N(CCO)C(=O)[C@@H]13. The van der Waals surface area contributed by atoms with Crippen molar-refractivity contribution in [2.45, 2.75) is 82.8 Å². The van der Waals surface area contributed by atoms with Gasteiger partial charge in [0.1, 0.15) is 17.7 Å². The molecule has 3 amide bonds. The maximum atomic E-state index is 14.0. The number of nitrogens with zero attached hydrogens (tertiary/aromatic N) is 2. The van der Waals surface area contributed by atoms with E-state index in [1.165, 1.54) is 4.90 Å². The van der Waals surface area contributed by atoms with E-state index in [1.54, 1.807) is 24.0 Å². The third-order valence-electron chi connectivity index (χ3n) is 7.51.